The minimum atomic E-state index is -0.328. The number of fused-ring (bicyclic) bond motifs is 1. The number of hydrogen-bond donors (Lipinski definition) is 1. The number of para-hydroxylation sites is 1. The van der Waals surface area contributed by atoms with Crippen LogP contribution in [0.3, 0.4) is 0 Å². The summed E-state index contributed by atoms with van der Waals surface area (Å²) in [6.07, 6.45) is 1.95. The molecular formula is C14H19NO2. The molecule has 92 valence electrons. The van der Waals surface area contributed by atoms with Crippen molar-refractivity contribution in [1.82, 2.24) is 4.98 Å². The zero-order valence-electron chi connectivity index (χ0n) is 10.8. The van der Waals surface area contributed by atoms with Gasteiger partial charge < -0.3 is 9.72 Å². The van der Waals surface area contributed by atoms with E-state index in [-0.39, 0.29) is 11.6 Å². The molecule has 2 aromatic rings. The number of aromatic amines is 1. The number of ether oxygens (including phenoxy) is 1. The highest BCUT2D eigenvalue weighted by Gasteiger charge is 2.11. The molecular weight excluding hydrogens is 214 g/mol. The van der Waals surface area contributed by atoms with Crippen LogP contribution in [0.15, 0.2) is 36.5 Å². The summed E-state index contributed by atoms with van der Waals surface area (Å²) < 4.78 is 4.80. The normalized spacial score (nSPS) is 10.6. The fraction of sp³-hybridized carbons (Fsp3) is 0.357. The molecule has 1 aromatic heterocycles. The second-order valence-corrected chi connectivity index (χ2v) is 4.77. The number of rotatable bonds is 0. The summed E-state index contributed by atoms with van der Waals surface area (Å²) >= 11 is 0. The smallest absolute Gasteiger partial charge is 0.303 e. The summed E-state index contributed by atoms with van der Waals surface area (Å²) in [6, 6.07) is 10.3. The van der Waals surface area contributed by atoms with Crippen LogP contribution in [-0.4, -0.2) is 16.6 Å². The zero-order valence-corrected chi connectivity index (χ0v) is 10.8. The van der Waals surface area contributed by atoms with E-state index in [1.165, 1.54) is 17.8 Å². The van der Waals surface area contributed by atoms with Crippen molar-refractivity contribution in [3.63, 3.8) is 0 Å². The summed E-state index contributed by atoms with van der Waals surface area (Å²) in [5.41, 5.74) is 0.878. The lowest BCUT2D eigenvalue weighted by atomic mass is 10.2. The fourth-order valence-electron chi connectivity index (χ4n) is 1.43. The van der Waals surface area contributed by atoms with Crippen LogP contribution in [0.4, 0.5) is 0 Å². The lowest BCUT2D eigenvalue weighted by Crippen LogP contribution is -2.21. The number of nitrogens with one attached hydrogen (secondary N) is 1. The van der Waals surface area contributed by atoms with E-state index in [9.17, 15) is 4.79 Å². The van der Waals surface area contributed by atoms with Crippen LogP contribution < -0.4 is 0 Å². The molecule has 1 aromatic carbocycles. The Hall–Kier alpha value is -1.77. The van der Waals surface area contributed by atoms with Crippen LogP contribution in [-0.2, 0) is 9.53 Å². The standard InChI is InChI=1S/C8H7N.C6H12O2/c1-2-4-8-7(3-1)5-6-9-8;1-5(7)8-6(2,3)4/h1-6,9H;1-4H3. The van der Waals surface area contributed by atoms with Crippen molar-refractivity contribution in [2.24, 2.45) is 0 Å². The van der Waals surface area contributed by atoms with Gasteiger partial charge in [0.15, 0.2) is 0 Å². The van der Waals surface area contributed by atoms with Crippen LogP contribution in [0.1, 0.15) is 27.7 Å². The number of H-pyrrole nitrogens is 1. The molecule has 2 rings (SSSR count). The zero-order chi connectivity index (χ0) is 12.9. The van der Waals surface area contributed by atoms with Gasteiger partial charge in [-0.25, -0.2) is 0 Å². The molecule has 1 heterocycles. The maximum atomic E-state index is 10.2. The number of esters is 1. The van der Waals surface area contributed by atoms with Gasteiger partial charge in [-0.2, -0.15) is 0 Å². The SMILES string of the molecule is CC(=O)OC(C)(C)C.c1ccc2[nH]ccc2c1. The molecule has 0 spiro atoms. The summed E-state index contributed by atoms with van der Waals surface area (Å²) in [5.74, 6) is -0.225. The third-order valence-electron chi connectivity index (χ3n) is 1.91. The Balaban J connectivity index is 0.000000172. The molecule has 0 aliphatic carbocycles. The molecule has 0 amide bonds. The molecule has 0 saturated carbocycles. The topological polar surface area (TPSA) is 42.1 Å². The van der Waals surface area contributed by atoms with E-state index < -0.39 is 0 Å². The number of hydrogen-bond acceptors (Lipinski definition) is 2. The molecule has 0 aliphatic rings. The number of benzene rings is 1. The average Bonchev–Trinajstić information content (AvgIpc) is 2.61. The van der Waals surface area contributed by atoms with Gasteiger partial charge in [0.2, 0.25) is 0 Å². The Labute approximate surface area is 102 Å². The largest absolute Gasteiger partial charge is 0.460 e. The summed E-state index contributed by atoms with van der Waals surface area (Å²) in [4.78, 5) is 13.4. The maximum Gasteiger partial charge on any atom is 0.303 e. The molecule has 0 fully saturated rings. The van der Waals surface area contributed by atoms with E-state index in [1.54, 1.807) is 0 Å². The Morgan fingerprint density at radius 3 is 2.29 bits per heavy atom. The van der Waals surface area contributed by atoms with Crippen molar-refractivity contribution in [2.45, 2.75) is 33.3 Å². The van der Waals surface area contributed by atoms with Crippen LogP contribution in [0.5, 0.6) is 0 Å². The maximum absolute atomic E-state index is 10.2. The second-order valence-electron chi connectivity index (χ2n) is 4.77. The summed E-state index contributed by atoms with van der Waals surface area (Å²) in [7, 11) is 0. The van der Waals surface area contributed by atoms with Crippen molar-refractivity contribution in [1.29, 1.82) is 0 Å². The molecule has 3 nitrogen and oxygen atoms in total. The Bertz CT molecular complexity index is 450. The minimum absolute atomic E-state index is 0.225. The predicted molar refractivity (Wildman–Crippen MR) is 69.8 cm³/mol. The molecule has 0 saturated heterocycles. The van der Waals surface area contributed by atoms with Crippen molar-refractivity contribution in [2.75, 3.05) is 0 Å². The highest BCUT2D eigenvalue weighted by atomic mass is 16.6. The first kappa shape index (κ1) is 13.3. The van der Waals surface area contributed by atoms with Gasteiger partial charge in [0.05, 0.1) is 0 Å². The first-order valence-corrected chi connectivity index (χ1v) is 5.60. The van der Waals surface area contributed by atoms with Gasteiger partial charge in [-0.05, 0) is 38.3 Å². The highest BCUT2D eigenvalue weighted by molar-refractivity contribution is 5.78. The molecule has 0 atom stereocenters. The highest BCUT2D eigenvalue weighted by Crippen LogP contribution is 2.09. The first-order valence-electron chi connectivity index (χ1n) is 5.60. The van der Waals surface area contributed by atoms with Crippen molar-refractivity contribution in [3.8, 4) is 0 Å². The number of carbonyl (C=O) groups is 1. The molecule has 0 aliphatic heterocycles. The van der Waals surface area contributed by atoms with E-state index >= 15 is 0 Å². The predicted octanol–water partition coefficient (Wildman–Crippen LogP) is 3.52. The Morgan fingerprint density at radius 2 is 1.82 bits per heavy atom. The van der Waals surface area contributed by atoms with Crippen molar-refractivity contribution >= 4 is 16.9 Å². The van der Waals surface area contributed by atoms with E-state index in [2.05, 4.69) is 23.2 Å². The Morgan fingerprint density at radius 1 is 1.18 bits per heavy atom. The van der Waals surface area contributed by atoms with Crippen molar-refractivity contribution < 1.29 is 9.53 Å². The number of carbonyl (C=O) groups excluding carboxylic acids is 1. The van der Waals surface area contributed by atoms with E-state index in [0.717, 1.165) is 0 Å². The molecule has 1 N–H and O–H groups in total. The quantitative estimate of drug-likeness (QED) is 0.707. The van der Waals surface area contributed by atoms with Gasteiger partial charge in [-0.1, -0.05) is 18.2 Å². The molecule has 0 bridgehead atoms. The van der Waals surface area contributed by atoms with Gasteiger partial charge in [-0.15, -0.1) is 0 Å². The third-order valence-corrected chi connectivity index (χ3v) is 1.91. The van der Waals surface area contributed by atoms with E-state index in [1.807, 2.05) is 39.1 Å². The molecule has 0 radical (unpaired) electrons. The second kappa shape index (κ2) is 5.53. The van der Waals surface area contributed by atoms with Gasteiger partial charge in [0.1, 0.15) is 5.60 Å². The minimum Gasteiger partial charge on any atom is -0.460 e. The van der Waals surface area contributed by atoms with Crippen LogP contribution in [0.25, 0.3) is 10.9 Å². The fourth-order valence-corrected chi connectivity index (χ4v) is 1.43. The monoisotopic (exact) mass is 233 g/mol. The molecule has 3 heteroatoms. The van der Waals surface area contributed by atoms with Gasteiger partial charge in [0.25, 0.3) is 0 Å². The molecule has 0 unspecified atom stereocenters. The average molecular weight is 233 g/mol. The van der Waals surface area contributed by atoms with Gasteiger partial charge >= 0.3 is 5.97 Å². The van der Waals surface area contributed by atoms with Crippen LogP contribution in [0.2, 0.25) is 0 Å². The summed E-state index contributed by atoms with van der Waals surface area (Å²) in [6.45, 7) is 6.93. The lowest BCUT2D eigenvalue weighted by molar-refractivity contribution is -0.151. The lowest BCUT2D eigenvalue weighted by Gasteiger charge is -2.17. The first-order chi connectivity index (χ1) is 7.88. The third kappa shape index (κ3) is 5.20. The van der Waals surface area contributed by atoms with Gasteiger partial charge in [-0.3, -0.25) is 4.79 Å². The van der Waals surface area contributed by atoms with Crippen molar-refractivity contribution in [3.05, 3.63) is 36.5 Å². The van der Waals surface area contributed by atoms with E-state index in [4.69, 9.17) is 4.74 Å². The van der Waals surface area contributed by atoms with Crippen LogP contribution >= 0.6 is 0 Å². The van der Waals surface area contributed by atoms with Crippen LogP contribution in [0, 0.1) is 0 Å². The Kier molecular flexibility index (Phi) is 4.32. The number of aromatic nitrogens is 1. The summed E-state index contributed by atoms with van der Waals surface area (Å²) in [5, 5.41) is 1.28. The van der Waals surface area contributed by atoms with E-state index in [0.29, 0.717) is 0 Å². The molecule has 17 heavy (non-hydrogen) atoms. The van der Waals surface area contributed by atoms with Gasteiger partial charge in [0, 0.05) is 18.6 Å².